The summed E-state index contributed by atoms with van der Waals surface area (Å²) in [5, 5.41) is 10.5. The second kappa shape index (κ2) is 11.8. The fourth-order valence-corrected chi connectivity index (χ4v) is 4.27. The van der Waals surface area contributed by atoms with Crippen molar-refractivity contribution in [3.8, 4) is 22.9 Å². The lowest BCUT2D eigenvalue weighted by Gasteiger charge is -2.15. The molecule has 1 saturated heterocycles. The first-order valence-electron chi connectivity index (χ1n) is 12.8. The molecule has 200 valence electrons. The fraction of sp³-hybridized carbons (Fsp3) is 0.233. The average molecular weight is 527 g/mol. The van der Waals surface area contributed by atoms with Gasteiger partial charge in [0.15, 0.2) is 11.4 Å². The number of benzene rings is 3. The predicted octanol–water partition coefficient (Wildman–Crippen LogP) is 4.99. The molecule has 1 amide bonds. The summed E-state index contributed by atoms with van der Waals surface area (Å²) in [7, 11) is 1.59. The minimum atomic E-state index is -0.405. The molecule has 1 aliphatic rings. The predicted molar refractivity (Wildman–Crippen MR) is 149 cm³/mol. The second-order valence-corrected chi connectivity index (χ2v) is 9.26. The molecule has 2 N–H and O–H groups in total. The highest BCUT2D eigenvalue weighted by molar-refractivity contribution is 5.95. The van der Waals surface area contributed by atoms with Gasteiger partial charge in [-0.3, -0.25) is 9.59 Å². The van der Waals surface area contributed by atoms with Crippen LogP contribution in [0.15, 0.2) is 83.8 Å². The Labute approximate surface area is 226 Å². The maximum absolute atomic E-state index is 13.7. The molecular formula is C30H30N4O5. The molecule has 3 aromatic carbocycles. The molecule has 0 saturated carbocycles. The molecule has 0 bridgehead atoms. The zero-order chi connectivity index (χ0) is 27.2. The van der Waals surface area contributed by atoms with Crippen molar-refractivity contribution >= 4 is 17.3 Å². The van der Waals surface area contributed by atoms with Crippen LogP contribution in [0.4, 0.5) is 11.4 Å². The van der Waals surface area contributed by atoms with Gasteiger partial charge in [-0.25, -0.2) is 0 Å². The first-order valence-corrected chi connectivity index (χ1v) is 12.8. The number of aryl methyl sites for hydroxylation is 1. The molecule has 39 heavy (non-hydrogen) atoms. The van der Waals surface area contributed by atoms with E-state index in [1.54, 1.807) is 55.6 Å². The number of anilines is 2. The first-order chi connectivity index (χ1) is 19.0. The van der Waals surface area contributed by atoms with Gasteiger partial charge in [-0.05, 0) is 74.4 Å². The first kappa shape index (κ1) is 26.0. The fourth-order valence-electron chi connectivity index (χ4n) is 4.27. The van der Waals surface area contributed by atoms with Crippen molar-refractivity contribution in [2.75, 3.05) is 25.6 Å². The molecule has 9 heteroatoms. The Morgan fingerprint density at radius 2 is 1.85 bits per heavy atom. The summed E-state index contributed by atoms with van der Waals surface area (Å²) in [6.07, 6.45) is 3.48. The van der Waals surface area contributed by atoms with E-state index >= 15 is 0 Å². The summed E-state index contributed by atoms with van der Waals surface area (Å²) in [6.45, 7) is 3.16. The molecule has 5 rings (SSSR count). The quantitative estimate of drug-likeness (QED) is 0.317. The number of rotatable bonds is 9. The molecule has 0 spiro atoms. The Hall–Kier alpha value is -4.63. The zero-order valence-electron chi connectivity index (χ0n) is 21.8. The van der Waals surface area contributed by atoms with Gasteiger partial charge in [-0.1, -0.05) is 23.8 Å². The van der Waals surface area contributed by atoms with Crippen molar-refractivity contribution in [2.45, 2.75) is 25.9 Å². The highest BCUT2D eigenvalue weighted by atomic mass is 16.5. The van der Waals surface area contributed by atoms with Gasteiger partial charge in [0.1, 0.15) is 11.5 Å². The Morgan fingerprint density at radius 1 is 1.08 bits per heavy atom. The van der Waals surface area contributed by atoms with E-state index in [2.05, 4.69) is 15.7 Å². The van der Waals surface area contributed by atoms with Crippen LogP contribution in [0.25, 0.3) is 5.69 Å². The maximum atomic E-state index is 13.7. The third-order valence-corrected chi connectivity index (χ3v) is 6.42. The van der Waals surface area contributed by atoms with Crippen molar-refractivity contribution in [1.82, 2.24) is 15.1 Å². The van der Waals surface area contributed by atoms with Crippen LogP contribution < -0.4 is 25.7 Å². The molecule has 2 heterocycles. The number of carbonyl (C=O) groups excluding carboxylic acids is 1. The van der Waals surface area contributed by atoms with Crippen molar-refractivity contribution in [2.24, 2.45) is 0 Å². The van der Waals surface area contributed by atoms with E-state index in [4.69, 9.17) is 14.2 Å². The van der Waals surface area contributed by atoms with Crippen LogP contribution in [0.3, 0.4) is 0 Å². The van der Waals surface area contributed by atoms with Crippen molar-refractivity contribution in [3.63, 3.8) is 0 Å². The van der Waals surface area contributed by atoms with E-state index in [0.29, 0.717) is 35.0 Å². The second-order valence-electron chi connectivity index (χ2n) is 9.26. The smallest absolute Gasteiger partial charge is 0.299 e. The van der Waals surface area contributed by atoms with Gasteiger partial charge in [0.05, 0.1) is 25.1 Å². The maximum Gasteiger partial charge on any atom is 0.299 e. The molecule has 0 aliphatic carbocycles. The Balaban J connectivity index is 1.45. The Kier molecular flexibility index (Phi) is 7.88. The lowest BCUT2D eigenvalue weighted by Crippen LogP contribution is -2.31. The lowest BCUT2D eigenvalue weighted by atomic mass is 10.1. The van der Waals surface area contributed by atoms with Crippen molar-refractivity contribution < 1.29 is 19.0 Å². The highest BCUT2D eigenvalue weighted by Crippen LogP contribution is 2.30. The van der Waals surface area contributed by atoms with Crippen molar-refractivity contribution in [1.29, 1.82) is 0 Å². The number of aromatic nitrogens is 2. The molecular weight excluding hydrogens is 496 g/mol. The van der Waals surface area contributed by atoms with Gasteiger partial charge in [-0.15, -0.1) is 0 Å². The number of nitrogens with one attached hydrogen (secondary N) is 2. The topological polar surface area (TPSA) is 104 Å². The molecule has 1 aliphatic heterocycles. The van der Waals surface area contributed by atoms with Crippen LogP contribution in [0, 0.1) is 6.92 Å². The van der Waals surface area contributed by atoms with Gasteiger partial charge in [0, 0.05) is 24.4 Å². The number of hydrogen-bond acceptors (Lipinski definition) is 7. The summed E-state index contributed by atoms with van der Waals surface area (Å²) in [5.74, 6) is 1.22. The van der Waals surface area contributed by atoms with E-state index in [9.17, 15) is 9.59 Å². The monoisotopic (exact) mass is 526 g/mol. The molecule has 1 fully saturated rings. The average Bonchev–Trinajstić information content (AvgIpc) is 3.49. The Morgan fingerprint density at radius 3 is 2.56 bits per heavy atom. The minimum Gasteiger partial charge on any atom is -0.497 e. The molecule has 0 radical (unpaired) electrons. The van der Waals surface area contributed by atoms with E-state index < -0.39 is 5.56 Å². The summed E-state index contributed by atoms with van der Waals surface area (Å²) < 4.78 is 18.2. The molecule has 1 aromatic heterocycles. The number of nitrogens with zero attached hydrogens (tertiary/aromatic N) is 2. The molecule has 9 nitrogen and oxygen atoms in total. The van der Waals surface area contributed by atoms with Gasteiger partial charge in [0.25, 0.3) is 11.5 Å². The summed E-state index contributed by atoms with van der Waals surface area (Å²) in [4.78, 5) is 26.5. The summed E-state index contributed by atoms with van der Waals surface area (Å²) >= 11 is 0. The van der Waals surface area contributed by atoms with Gasteiger partial charge in [-0.2, -0.15) is 9.78 Å². The number of carbonyl (C=O) groups is 1. The standard InChI is InChI=1S/C30H30N4O5/c1-20-8-10-23(11-9-20)34-30(36)28(27(19-32-34)39-25-14-12-24(37-2)13-15-25)33-22-6-3-5-21(17-22)29(35)31-18-26-7-4-16-38-26/h3,5-6,8-15,17,19,26,33H,4,7,16,18H2,1-2H3,(H,31,35)/t26-/m0/s1. The SMILES string of the molecule is COc1ccc(Oc2cnn(-c3ccc(C)cc3)c(=O)c2Nc2cccc(C(=O)NC[C@@H]3CCCO3)c2)cc1. The van der Waals surface area contributed by atoms with Crippen LogP contribution in [-0.2, 0) is 4.74 Å². The van der Waals surface area contributed by atoms with Crippen LogP contribution in [0.1, 0.15) is 28.8 Å². The number of amides is 1. The van der Waals surface area contributed by atoms with Crippen LogP contribution in [-0.4, -0.2) is 42.1 Å². The molecule has 0 unspecified atom stereocenters. The number of methoxy groups -OCH3 is 1. The normalized spacial score (nSPS) is 14.6. The highest BCUT2D eigenvalue weighted by Gasteiger charge is 2.18. The van der Waals surface area contributed by atoms with E-state index in [-0.39, 0.29) is 23.4 Å². The number of hydrogen-bond donors (Lipinski definition) is 2. The zero-order valence-corrected chi connectivity index (χ0v) is 21.8. The number of ether oxygens (including phenoxy) is 3. The van der Waals surface area contributed by atoms with Crippen molar-refractivity contribution in [3.05, 3.63) is 100 Å². The van der Waals surface area contributed by atoms with Gasteiger partial charge >= 0.3 is 0 Å². The molecule has 4 aromatic rings. The largest absolute Gasteiger partial charge is 0.497 e. The van der Waals surface area contributed by atoms with Crippen LogP contribution in [0.2, 0.25) is 0 Å². The minimum absolute atomic E-state index is 0.0463. The third kappa shape index (κ3) is 6.27. The van der Waals surface area contributed by atoms with E-state index in [1.807, 2.05) is 31.2 Å². The summed E-state index contributed by atoms with van der Waals surface area (Å²) in [5.41, 5.74) is 2.48. The van der Waals surface area contributed by atoms with E-state index in [1.165, 1.54) is 10.9 Å². The van der Waals surface area contributed by atoms with E-state index in [0.717, 1.165) is 25.0 Å². The molecule has 1 atom stereocenters. The Bertz CT molecular complexity index is 1490. The van der Waals surface area contributed by atoms with Gasteiger partial charge < -0.3 is 24.8 Å². The van der Waals surface area contributed by atoms with Crippen LogP contribution >= 0.6 is 0 Å². The lowest BCUT2D eigenvalue weighted by molar-refractivity contribution is 0.0858. The van der Waals surface area contributed by atoms with Crippen LogP contribution in [0.5, 0.6) is 17.2 Å². The van der Waals surface area contributed by atoms with Gasteiger partial charge in [0.2, 0.25) is 0 Å². The third-order valence-electron chi connectivity index (χ3n) is 6.42. The summed E-state index contributed by atoms with van der Waals surface area (Å²) in [6, 6.07) is 21.5.